The number of hydrogen-bond acceptors (Lipinski definition) is 3. The van der Waals surface area contributed by atoms with Crippen LogP contribution in [-0.4, -0.2) is 13.7 Å². The van der Waals surface area contributed by atoms with Crippen LogP contribution in [0.3, 0.4) is 0 Å². The van der Waals surface area contributed by atoms with E-state index in [9.17, 15) is 4.39 Å². The molecule has 0 heterocycles. The monoisotopic (exact) mass is 487 g/mol. The zero-order valence-corrected chi connectivity index (χ0v) is 19.7. The topological polar surface area (TPSA) is 30.5 Å². The lowest BCUT2D eigenvalue weighted by molar-refractivity contribution is 0.282. The second-order valence-electron chi connectivity index (χ2n) is 6.97. The van der Waals surface area contributed by atoms with Crippen molar-refractivity contribution in [2.75, 3.05) is 13.7 Å². The summed E-state index contributed by atoms with van der Waals surface area (Å²) in [5, 5.41) is 3.50. The van der Waals surface area contributed by atoms with Gasteiger partial charge in [0.2, 0.25) is 0 Å². The highest BCUT2D eigenvalue weighted by atomic mass is 79.9. The van der Waals surface area contributed by atoms with Gasteiger partial charge in [-0.3, -0.25) is 0 Å². The molecule has 0 aliphatic rings. The van der Waals surface area contributed by atoms with Crippen molar-refractivity contribution in [3.8, 4) is 11.5 Å². The van der Waals surface area contributed by atoms with Crippen LogP contribution in [0.2, 0.25) is 0 Å². The summed E-state index contributed by atoms with van der Waals surface area (Å²) < 4.78 is 25.3. The second kappa shape index (κ2) is 14.6. The molecule has 3 nitrogen and oxygen atoms in total. The first-order valence-electron chi connectivity index (χ1n) is 10.1. The molecule has 0 fully saturated rings. The minimum absolute atomic E-state index is 0. The maximum absolute atomic E-state index is 13.0. The molecule has 0 unspecified atom stereocenters. The van der Waals surface area contributed by atoms with Gasteiger partial charge in [-0.25, -0.2) is 4.39 Å². The Labute approximate surface area is 188 Å². The lowest BCUT2D eigenvalue weighted by Gasteiger charge is -2.15. The normalized spacial score (nSPS) is 10.5. The van der Waals surface area contributed by atoms with E-state index in [2.05, 4.69) is 34.2 Å². The average molecular weight is 489 g/mol. The van der Waals surface area contributed by atoms with Crippen LogP contribution < -0.4 is 14.8 Å². The summed E-state index contributed by atoms with van der Waals surface area (Å²) in [5.41, 5.74) is 2.05. The molecule has 6 heteroatoms. The molecule has 0 radical (unpaired) electrons. The van der Waals surface area contributed by atoms with Crippen LogP contribution in [-0.2, 0) is 13.2 Å². The summed E-state index contributed by atoms with van der Waals surface area (Å²) in [5.74, 6) is 1.10. The van der Waals surface area contributed by atoms with Gasteiger partial charge in [-0.15, -0.1) is 12.4 Å². The first kappa shape index (κ1) is 25.7. The summed E-state index contributed by atoms with van der Waals surface area (Å²) in [6, 6.07) is 10.4. The van der Waals surface area contributed by atoms with Gasteiger partial charge in [0.15, 0.2) is 11.5 Å². The second-order valence-corrected chi connectivity index (χ2v) is 7.82. The van der Waals surface area contributed by atoms with Crippen molar-refractivity contribution in [3.05, 3.63) is 57.8 Å². The molecule has 0 spiro atoms. The number of unbranched alkanes of at least 4 members (excludes halogenated alkanes) is 5. The van der Waals surface area contributed by atoms with Crippen molar-refractivity contribution in [3.63, 3.8) is 0 Å². The number of halogens is 3. The van der Waals surface area contributed by atoms with Gasteiger partial charge in [-0.05, 0) is 64.3 Å². The number of methoxy groups -OCH3 is 1. The smallest absolute Gasteiger partial charge is 0.175 e. The van der Waals surface area contributed by atoms with E-state index in [1.165, 1.54) is 50.7 Å². The molecule has 0 aliphatic carbocycles. The maximum atomic E-state index is 13.0. The predicted octanol–water partition coefficient (Wildman–Crippen LogP) is 7.05. The highest BCUT2D eigenvalue weighted by Gasteiger charge is 2.12. The van der Waals surface area contributed by atoms with Gasteiger partial charge in [0.05, 0.1) is 11.6 Å². The predicted molar refractivity (Wildman–Crippen MR) is 124 cm³/mol. The molecule has 0 saturated carbocycles. The van der Waals surface area contributed by atoms with Gasteiger partial charge in [0.25, 0.3) is 0 Å². The Hall–Kier alpha value is -1.30. The van der Waals surface area contributed by atoms with Crippen LogP contribution in [0.5, 0.6) is 11.5 Å². The van der Waals surface area contributed by atoms with Crippen LogP contribution in [0.4, 0.5) is 4.39 Å². The fraction of sp³-hybridized carbons (Fsp3) is 0.478. The highest BCUT2D eigenvalue weighted by Crippen LogP contribution is 2.37. The Morgan fingerprint density at radius 3 is 2.34 bits per heavy atom. The Balaban J connectivity index is 0.00000420. The lowest BCUT2D eigenvalue weighted by Crippen LogP contribution is -2.14. The number of benzene rings is 2. The van der Waals surface area contributed by atoms with Crippen molar-refractivity contribution in [1.29, 1.82) is 0 Å². The fourth-order valence-corrected chi connectivity index (χ4v) is 3.62. The van der Waals surface area contributed by atoms with Gasteiger partial charge < -0.3 is 14.8 Å². The molecule has 0 aromatic heterocycles. The van der Waals surface area contributed by atoms with Crippen molar-refractivity contribution in [2.24, 2.45) is 0 Å². The standard InChI is InChI=1S/C23H31BrFNO2.ClH/c1-3-4-5-6-7-8-13-26-16-19-14-21(24)23(22(15-19)27-2)28-17-18-9-11-20(25)12-10-18;/h9-12,14-15,26H,3-8,13,16-17H2,1-2H3;1H. The highest BCUT2D eigenvalue weighted by molar-refractivity contribution is 9.10. The van der Waals surface area contributed by atoms with E-state index in [0.717, 1.165) is 28.7 Å². The first-order chi connectivity index (χ1) is 13.6. The van der Waals surface area contributed by atoms with E-state index in [1.54, 1.807) is 19.2 Å². The maximum Gasteiger partial charge on any atom is 0.175 e. The fourth-order valence-electron chi connectivity index (χ4n) is 3.01. The summed E-state index contributed by atoms with van der Waals surface area (Å²) in [6.07, 6.45) is 7.81. The average Bonchev–Trinajstić information content (AvgIpc) is 2.70. The molecule has 0 bridgehead atoms. The molecule has 29 heavy (non-hydrogen) atoms. The molecular formula is C23H32BrClFNO2. The third-order valence-electron chi connectivity index (χ3n) is 4.62. The van der Waals surface area contributed by atoms with E-state index in [0.29, 0.717) is 18.1 Å². The number of nitrogens with one attached hydrogen (secondary N) is 1. The number of ether oxygens (including phenoxy) is 2. The molecule has 2 rings (SSSR count). The Morgan fingerprint density at radius 1 is 0.966 bits per heavy atom. The lowest BCUT2D eigenvalue weighted by atomic mass is 10.1. The van der Waals surface area contributed by atoms with E-state index in [1.807, 2.05) is 6.07 Å². The van der Waals surface area contributed by atoms with Crippen molar-refractivity contribution in [1.82, 2.24) is 5.32 Å². The SMILES string of the molecule is CCCCCCCCNCc1cc(Br)c(OCc2ccc(F)cc2)c(OC)c1.Cl. The summed E-state index contributed by atoms with van der Waals surface area (Å²) in [6.45, 7) is 4.41. The largest absolute Gasteiger partial charge is 0.493 e. The van der Waals surface area contributed by atoms with Crippen LogP contribution >= 0.6 is 28.3 Å². The molecule has 1 N–H and O–H groups in total. The minimum Gasteiger partial charge on any atom is -0.493 e. The zero-order valence-electron chi connectivity index (χ0n) is 17.3. The molecule has 2 aromatic carbocycles. The molecule has 0 amide bonds. The van der Waals surface area contributed by atoms with E-state index >= 15 is 0 Å². The molecule has 0 atom stereocenters. The molecule has 0 aliphatic heterocycles. The molecular weight excluding hydrogens is 457 g/mol. The van der Waals surface area contributed by atoms with Crippen LogP contribution in [0, 0.1) is 5.82 Å². The molecule has 2 aromatic rings. The van der Waals surface area contributed by atoms with Gasteiger partial charge in [-0.1, -0.05) is 51.2 Å². The Bertz CT molecular complexity index is 713. The minimum atomic E-state index is -0.250. The van der Waals surface area contributed by atoms with Gasteiger partial charge >= 0.3 is 0 Å². The first-order valence-corrected chi connectivity index (χ1v) is 10.9. The van der Waals surface area contributed by atoms with Gasteiger partial charge in [0, 0.05) is 6.54 Å². The summed E-state index contributed by atoms with van der Waals surface area (Å²) >= 11 is 3.59. The molecule has 162 valence electrons. The van der Waals surface area contributed by atoms with Gasteiger partial charge in [0.1, 0.15) is 12.4 Å². The molecule has 0 saturated heterocycles. The van der Waals surface area contributed by atoms with E-state index < -0.39 is 0 Å². The van der Waals surface area contributed by atoms with Crippen LogP contribution in [0.25, 0.3) is 0 Å². The van der Waals surface area contributed by atoms with E-state index in [-0.39, 0.29) is 18.2 Å². The van der Waals surface area contributed by atoms with Crippen molar-refractivity contribution < 1.29 is 13.9 Å². The van der Waals surface area contributed by atoms with E-state index in [4.69, 9.17) is 9.47 Å². The number of hydrogen-bond donors (Lipinski definition) is 1. The summed E-state index contributed by atoms with van der Waals surface area (Å²) in [4.78, 5) is 0. The quantitative estimate of drug-likeness (QED) is 0.306. The summed E-state index contributed by atoms with van der Waals surface area (Å²) in [7, 11) is 1.64. The third-order valence-corrected chi connectivity index (χ3v) is 5.21. The van der Waals surface area contributed by atoms with Crippen LogP contribution in [0.1, 0.15) is 56.6 Å². The zero-order chi connectivity index (χ0) is 20.2. The van der Waals surface area contributed by atoms with Crippen LogP contribution in [0.15, 0.2) is 40.9 Å². The van der Waals surface area contributed by atoms with Crippen molar-refractivity contribution >= 4 is 28.3 Å². The Kier molecular flexibility index (Phi) is 13.0. The number of rotatable bonds is 13. The third kappa shape index (κ3) is 9.37. The Morgan fingerprint density at radius 2 is 1.66 bits per heavy atom. The van der Waals surface area contributed by atoms with Gasteiger partial charge in [-0.2, -0.15) is 0 Å². The van der Waals surface area contributed by atoms with Crippen molar-refractivity contribution in [2.45, 2.75) is 58.6 Å².